The Morgan fingerprint density at radius 2 is 1.94 bits per heavy atom. The molecule has 1 aromatic carbocycles. The van der Waals surface area contributed by atoms with Crippen molar-refractivity contribution in [2.45, 2.75) is 64.5 Å². The molecule has 0 radical (unpaired) electrons. The summed E-state index contributed by atoms with van der Waals surface area (Å²) in [6.45, 7) is 4.87. The van der Waals surface area contributed by atoms with Crippen molar-refractivity contribution in [3.8, 4) is 0 Å². The summed E-state index contributed by atoms with van der Waals surface area (Å²) in [4.78, 5) is 22.9. The summed E-state index contributed by atoms with van der Waals surface area (Å²) in [6.07, 6.45) is 10.8. The molecule has 3 aromatic rings. The zero-order chi connectivity index (χ0) is 21.8. The van der Waals surface area contributed by atoms with Crippen molar-refractivity contribution in [2.24, 2.45) is 0 Å². The van der Waals surface area contributed by atoms with E-state index in [0.29, 0.717) is 11.6 Å². The summed E-state index contributed by atoms with van der Waals surface area (Å²) in [5.41, 5.74) is 4.65. The Bertz CT molecular complexity index is 1020. The molecular formula is C26H33N3O2. The number of hydrogen-bond donors (Lipinski definition) is 1. The van der Waals surface area contributed by atoms with E-state index in [1.807, 2.05) is 26.0 Å². The van der Waals surface area contributed by atoms with Gasteiger partial charge in [0.15, 0.2) is 0 Å². The molecule has 0 amide bonds. The van der Waals surface area contributed by atoms with Crippen LogP contribution in [0.5, 0.6) is 0 Å². The minimum absolute atomic E-state index is 0.287. The lowest BCUT2D eigenvalue weighted by molar-refractivity contribution is 0.0339. The van der Waals surface area contributed by atoms with Gasteiger partial charge in [0, 0.05) is 41.6 Å². The number of aryl methyl sites for hydroxylation is 1. The van der Waals surface area contributed by atoms with E-state index in [0.717, 1.165) is 35.1 Å². The maximum Gasteiger partial charge on any atom is 0.341 e. The highest BCUT2D eigenvalue weighted by Crippen LogP contribution is 2.27. The predicted molar refractivity (Wildman–Crippen MR) is 124 cm³/mol. The van der Waals surface area contributed by atoms with Crippen molar-refractivity contribution < 1.29 is 9.53 Å². The van der Waals surface area contributed by atoms with Crippen LogP contribution in [0.15, 0.2) is 42.7 Å². The summed E-state index contributed by atoms with van der Waals surface area (Å²) < 4.78 is 5.79. The molecule has 1 fully saturated rings. The quantitative estimate of drug-likeness (QED) is 0.507. The number of pyridine rings is 1. The van der Waals surface area contributed by atoms with Crippen molar-refractivity contribution in [1.82, 2.24) is 14.9 Å². The van der Waals surface area contributed by atoms with Crippen LogP contribution in [0.2, 0.25) is 0 Å². The molecule has 1 atom stereocenters. The molecule has 0 spiro atoms. The zero-order valence-electron chi connectivity index (χ0n) is 18.9. The van der Waals surface area contributed by atoms with Gasteiger partial charge in [-0.3, -0.25) is 4.98 Å². The van der Waals surface area contributed by atoms with Gasteiger partial charge in [0.2, 0.25) is 0 Å². The van der Waals surface area contributed by atoms with E-state index in [4.69, 9.17) is 4.74 Å². The minimum Gasteiger partial charge on any atom is -0.454 e. The number of fused-ring (bicyclic) bond motifs is 1. The fourth-order valence-corrected chi connectivity index (χ4v) is 4.72. The number of carbonyl (C=O) groups is 1. The molecule has 0 bridgehead atoms. The topological polar surface area (TPSA) is 58.2 Å². The number of esters is 1. The highest BCUT2D eigenvalue weighted by Gasteiger charge is 2.21. The molecule has 0 saturated heterocycles. The van der Waals surface area contributed by atoms with Crippen LogP contribution in [0, 0.1) is 6.92 Å². The van der Waals surface area contributed by atoms with E-state index in [9.17, 15) is 4.79 Å². The van der Waals surface area contributed by atoms with E-state index in [1.165, 1.54) is 37.7 Å². The number of aromatic nitrogens is 2. The van der Waals surface area contributed by atoms with Gasteiger partial charge in [0.25, 0.3) is 0 Å². The van der Waals surface area contributed by atoms with Gasteiger partial charge >= 0.3 is 5.97 Å². The Morgan fingerprint density at radius 1 is 1.19 bits per heavy atom. The molecule has 2 aromatic heterocycles. The fourth-order valence-electron chi connectivity index (χ4n) is 4.72. The van der Waals surface area contributed by atoms with E-state index in [-0.39, 0.29) is 12.1 Å². The molecule has 4 rings (SSSR count). The molecule has 1 aliphatic carbocycles. The lowest BCUT2D eigenvalue weighted by atomic mass is 9.94. The van der Waals surface area contributed by atoms with E-state index < -0.39 is 0 Å². The van der Waals surface area contributed by atoms with Crippen molar-refractivity contribution in [3.05, 3.63) is 65.1 Å². The molecule has 164 valence electrons. The number of benzene rings is 1. The lowest BCUT2D eigenvalue weighted by Crippen LogP contribution is -2.34. The van der Waals surface area contributed by atoms with Crippen LogP contribution in [-0.2, 0) is 11.2 Å². The molecular weight excluding hydrogens is 386 g/mol. The number of ether oxygens (including phenoxy) is 1. The Morgan fingerprint density at radius 3 is 2.68 bits per heavy atom. The van der Waals surface area contributed by atoms with Crippen LogP contribution in [-0.4, -0.2) is 40.5 Å². The molecule has 0 unspecified atom stereocenters. The monoisotopic (exact) mass is 419 g/mol. The Hall–Kier alpha value is -2.66. The first-order chi connectivity index (χ1) is 15.0. The number of nitrogens with zero attached hydrogens (tertiary/aromatic N) is 2. The van der Waals surface area contributed by atoms with Crippen LogP contribution in [0.3, 0.4) is 0 Å². The highest BCUT2D eigenvalue weighted by molar-refractivity contribution is 6.05. The van der Waals surface area contributed by atoms with E-state index >= 15 is 0 Å². The fraction of sp³-hybridized carbons (Fsp3) is 0.462. The predicted octanol–water partition coefficient (Wildman–Crippen LogP) is 5.60. The first kappa shape index (κ1) is 21.6. The average Bonchev–Trinajstić information content (AvgIpc) is 3.13. The largest absolute Gasteiger partial charge is 0.454 e. The summed E-state index contributed by atoms with van der Waals surface area (Å²) in [6, 6.07) is 10.9. The summed E-state index contributed by atoms with van der Waals surface area (Å²) in [5.74, 6) is -0.287. The van der Waals surface area contributed by atoms with Crippen LogP contribution in [0.1, 0.15) is 72.3 Å². The smallest absolute Gasteiger partial charge is 0.341 e. The molecule has 1 N–H and O–H groups in total. The van der Waals surface area contributed by atoms with E-state index in [2.05, 4.69) is 40.1 Å². The Balaban J connectivity index is 1.48. The lowest BCUT2D eigenvalue weighted by Gasteiger charge is -2.31. The van der Waals surface area contributed by atoms with Gasteiger partial charge in [0.1, 0.15) is 6.10 Å². The Kier molecular flexibility index (Phi) is 6.71. The van der Waals surface area contributed by atoms with Crippen molar-refractivity contribution >= 4 is 16.9 Å². The summed E-state index contributed by atoms with van der Waals surface area (Å²) in [7, 11) is 2.25. The standard InChI is InChI=1S/C26H33N3O2/c1-18-25(26(30)31-19(2)21-11-14-27-15-12-21)23-17-20(9-10-24(23)28-18)13-16-29(3)22-7-5-4-6-8-22/h9-12,14-15,17,19,22,28H,4-8,13,16H2,1-3H3/t19-/m0/s1. The maximum absolute atomic E-state index is 13.0. The van der Waals surface area contributed by atoms with Gasteiger partial charge in [-0.1, -0.05) is 25.3 Å². The third-order valence-electron chi connectivity index (χ3n) is 6.67. The van der Waals surface area contributed by atoms with Crippen LogP contribution in [0.25, 0.3) is 10.9 Å². The van der Waals surface area contributed by atoms with Gasteiger partial charge in [-0.15, -0.1) is 0 Å². The number of carbonyl (C=O) groups excluding carboxylic acids is 1. The highest BCUT2D eigenvalue weighted by atomic mass is 16.5. The van der Waals surface area contributed by atoms with Crippen molar-refractivity contribution in [1.29, 1.82) is 0 Å². The molecule has 1 saturated carbocycles. The zero-order valence-corrected chi connectivity index (χ0v) is 18.9. The second kappa shape index (κ2) is 9.65. The molecule has 31 heavy (non-hydrogen) atoms. The molecule has 2 heterocycles. The maximum atomic E-state index is 13.0. The van der Waals surface area contributed by atoms with Crippen LogP contribution < -0.4 is 0 Å². The minimum atomic E-state index is -0.327. The van der Waals surface area contributed by atoms with Gasteiger partial charge < -0.3 is 14.6 Å². The molecule has 0 aliphatic heterocycles. The van der Waals surface area contributed by atoms with Crippen molar-refractivity contribution in [2.75, 3.05) is 13.6 Å². The molecule has 1 aliphatic rings. The Labute approximate surface area is 184 Å². The van der Waals surface area contributed by atoms with Gasteiger partial charge in [-0.05, 0) is 75.5 Å². The number of hydrogen-bond acceptors (Lipinski definition) is 4. The summed E-state index contributed by atoms with van der Waals surface area (Å²) in [5, 5.41) is 0.947. The number of aromatic amines is 1. The van der Waals surface area contributed by atoms with Gasteiger partial charge in [-0.2, -0.15) is 0 Å². The normalized spacial score (nSPS) is 16.0. The molecule has 5 heteroatoms. The second-order valence-electron chi connectivity index (χ2n) is 8.86. The third-order valence-corrected chi connectivity index (χ3v) is 6.67. The number of H-pyrrole nitrogens is 1. The summed E-state index contributed by atoms with van der Waals surface area (Å²) >= 11 is 0. The van der Waals surface area contributed by atoms with E-state index in [1.54, 1.807) is 12.4 Å². The first-order valence-electron chi connectivity index (χ1n) is 11.5. The number of rotatable bonds is 7. The van der Waals surface area contributed by atoms with Crippen molar-refractivity contribution in [3.63, 3.8) is 0 Å². The van der Waals surface area contributed by atoms with Crippen LogP contribution >= 0.6 is 0 Å². The SMILES string of the molecule is Cc1[nH]c2ccc(CCN(C)C3CCCCC3)cc2c1C(=O)O[C@@H](C)c1ccncc1. The van der Waals surface area contributed by atoms with Gasteiger partial charge in [0.05, 0.1) is 5.56 Å². The molecule has 5 nitrogen and oxygen atoms in total. The first-order valence-corrected chi connectivity index (χ1v) is 11.5. The average molecular weight is 420 g/mol. The second-order valence-corrected chi connectivity index (χ2v) is 8.86. The van der Waals surface area contributed by atoms with Gasteiger partial charge in [-0.25, -0.2) is 4.79 Å². The number of nitrogens with one attached hydrogen (secondary N) is 1. The number of likely N-dealkylation sites (N-methyl/N-ethyl adjacent to an activating group) is 1. The van der Waals surface area contributed by atoms with Crippen LogP contribution in [0.4, 0.5) is 0 Å². The third kappa shape index (κ3) is 4.99.